The molecule has 0 aliphatic carbocycles. The summed E-state index contributed by atoms with van der Waals surface area (Å²) in [6.45, 7) is 5.22. The largest absolute Gasteiger partial charge is 0.448 e. The highest BCUT2D eigenvalue weighted by Crippen LogP contribution is 2.42. The number of alkyl carbamates (subject to hydrolysis) is 1. The zero-order valence-electron chi connectivity index (χ0n) is 24.8. The molecular weight excluding hydrogens is 633 g/mol. The van der Waals surface area contributed by atoms with E-state index in [1.54, 1.807) is 37.6 Å². The lowest BCUT2D eigenvalue weighted by molar-refractivity contribution is -0.153. The third-order valence-electron chi connectivity index (χ3n) is 6.62. The minimum Gasteiger partial charge on any atom is -0.448 e. The highest BCUT2D eigenvalue weighted by atomic mass is 32.2. The van der Waals surface area contributed by atoms with Crippen LogP contribution in [0.5, 0.6) is 0 Å². The van der Waals surface area contributed by atoms with Crippen LogP contribution in [0.2, 0.25) is 0 Å². The van der Waals surface area contributed by atoms with E-state index in [9.17, 15) is 19.2 Å². The van der Waals surface area contributed by atoms with Crippen LogP contribution in [-0.4, -0.2) is 56.5 Å². The number of rotatable bonds is 10. The van der Waals surface area contributed by atoms with Gasteiger partial charge in [0.2, 0.25) is 5.91 Å². The maximum Gasteiger partial charge on any atom is 0.408 e. The maximum absolute atomic E-state index is 14.1. The Morgan fingerprint density at radius 3 is 2.36 bits per heavy atom. The Balaban J connectivity index is 1.43. The van der Waals surface area contributed by atoms with Crippen molar-refractivity contribution in [1.29, 1.82) is 0 Å². The van der Waals surface area contributed by atoms with Crippen molar-refractivity contribution in [3.05, 3.63) is 106 Å². The third-order valence-corrected chi connectivity index (χ3v) is 9.74. The average molecular weight is 665 g/mol. The Bertz CT molecular complexity index is 1600. The number of amides is 3. The summed E-state index contributed by atoms with van der Waals surface area (Å²) in [6.07, 6.45) is 0.399. The van der Waals surface area contributed by atoms with Crippen LogP contribution in [0.15, 0.2) is 93.1 Å². The van der Waals surface area contributed by atoms with E-state index in [1.807, 2.05) is 60.7 Å². The van der Waals surface area contributed by atoms with Crippen LogP contribution in [0.4, 0.5) is 4.79 Å². The molecule has 3 aromatic rings. The van der Waals surface area contributed by atoms with Gasteiger partial charge in [0.25, 0.3) is 5.91 Å². The molecule has 0 spiro atoms. The van der Waals surface area contributed by atoms with Gasteiger partial charge >= 0.3 is 12.1 Å². The fourth-order valence-electron chi connectivity index (χ4n) is 4.72. The second-order valence-corrected chi connectivity index (χ2v) is 14.3. The van der Waals surface area contributed by atoms with Gasteiger partial charge in [-0.2, -0.15) is 0 Å². The lowest BCUT2D eigenvalue weighted by atomic mass is 10.0. The molecule has 3 N–H and O–H groups in total. The Morgan fingerprint density at radius 2 is 1.76 bits per heavy atom. The number of nitrogens with two attached hydrogens (primary N) is 1. The van der Waals surface area contributed by atoms with Crippen molar-refractivity contribution in [2.45, 2.75) is 54.7 Å². The quantitative estimate of drug-likeness (QED) is 0.171. The monoisotopic (exact) mass is 664 g/mol. The number of ether oxygens (including phenoxy) is 2. The van der Waals surface area contributed by atoms with Gasteiger partial charge in [-0.15, -0.1) is 23.1 Å². The number of benzene rings is 2. The second-order valence-electron chi connectivity index (χ2n) is 11.2. The molecule has 13 heteroatoms. The topological polar surface area (TPSA) is 141 Å². The minimum atomic E-state index is -0.856. The number of thioether (sulfide) groups is 2. The van der Waals surface area contributed by atoms with Gasteiger partial charge in [-0.1, -0.05) is 72.4 Å². The molecule has 0 saturated carbocycles. The van der Waals surface area contributed by atoms with Crippen LogP contribution in [-0.2, 0) is 30.3 Å². The number of esters is 1. The molecule has 0 bridgehead atoms. The van der Waals surface area contributed by atoms with E-state index in [4.69, 9.17) is 15.2 Å². The van der Waals surface area contributed by atoms with Crippen molar-refractivity contribution < 1.29 is 28.7 Å². The van der Waals surface area contributed by atoms with E-state index in [1.165, 1.54) is 39.8 Å². The van der Waals surface area contributed by atoms with E-state index < -0.39 is 47.0 Å². The number of hydrogen-bond donors (Lipinski definition) is 2. The molecule has 3 amide bonds. The predicted octanol–water partition coefficient (Wildman–Crippen LogP) is 5.17. The number of hydrogen-bond acceptors (Lipinski definition) is 10. The first kappa shape index (κ1) is 32.3. The Labute approximate surface area is 273 Å². The number of carbonyl (C=O) groups is 4. The molecule has 2 aromatic carbocycles. The molecule has 1 aromatic heterocycles. The Kier molecular flexibility index (Phi) is 10.0. The van der Waals surface area contributed by atoms with Crippen LogP contribution < -0.4 is 11.1 Å². The van der Waals surface area contributed by atoms with Crippen molar-refractivity contribution in [3.63, 3.8) is 0 Å². The summed E-state index contributed by atoms with van der Waals surface area (Å²) in [5.41, 5.74) is 7.40. The van der Waals surface area contributed by atoms with Crippen LogP contribution in [0.1, 0.15) is 43.7 Å². The SMILES string of the molecule is CC(C)(C)OC(=O)N[C@@H]1C(=O)N2C(C(=O)OC(c3ccccc3)c3ccccc3)=C(C=CSc3nc(CC(N)=O)cs3)CS[C@H]12. The van der Waals surface area contributed by atoms with Crippen LogP contribution in [0, 0.1) is 0 Å². The number of fused-ring (bicyclic) bond motifs is 1. The number of nitrogens with zero attached hydrogens (tertiary/aromatic N) is 2. The van der Waals surface area contributed by atoms with E-state index in [-0.39, 0.29) is 12.1 Å². The lowest BCUT2D eigenvalue weighted by Gasteiger charge is -2.49. The number of aromatic nitrogens is 1. The summed E-state index contributed by atoms with van der Waals surface area (Å²) in [4.78, 5) is 57.1. The summed E-state index contributed by atoms with van der Waals surface area (Å²) in [5, 5.41) is 5.70. The molecule has 45 heavy (non-hydrogen) atoms. The number of nitrogens with one attached hydrogen (secondary N) is 1. The van der Waals surface area contributed by atoms with Gasteiger partial charge in [-0.3, -0.25) is 14.5 Å². The molecule has 2 aliphatic heterocycles. The highest BCUT2D eigenvalue weighted by molar-refractivity contribution is 8.03. The van der Waals surface area contributed by atoms with Gasteiger partial charge in [0.1, 0.15) is 22.7 Å². The van der Waals surface area contributed by atoms with Crippen molar-refractivity contribution in [3.8, 4) is 0 Å². The first-order valence-corrected chi connectivity index (χ1v) is 16.8. The van der Waals surface area contributed by atoms with Gasteiger partial charge < -0.3 is 20.5 Å². The smallest absolute Gasteiger partial charge is 0.408 e. The fourth-order valence-corrected chi connectivity index (χ4v) is 7.63. The fraction of sp³-hybridized carbons (Fsp3) is 0.281. The van der Waals surface area contributed by atoms with E-state index in [2.05, 4.69) is 10.3 Å². The molecule has 3 heterocycles. The van der Waals surface area contributed by atoms with Crippen LogP contribution in [0.3, 0.4) is 0 Å². The molecule has 5 rings (SSSR count). The van der Waals surface area contributed by atoms with Crippen molar-refractivity contribution >= 4 is 58.7 Å². The normalized spacial score (nSPS) is 18.0. The molecule has 234 valence electrons. The van der Waals surface area contributed by atoms with Crippen molar-refractivity contribution in [2.75, 3.05) is 5.75 Å². The van der Waals surface area contributed by atoms with E-state index in [0.717, 1.165) is 11.1 Å². The van der Waals surface area contributed by atoms with Gasteiger partial charge in [-0.25, -0.2) is 14.6 Å². The lowest BCUT2D eigenvalue weighted by Crippen LogP contribution is -2.70. The first-order valence-electron chi connectivity index (χ1n) is 14.0. The summed E-state index contributed by atoms with van der Waals surface area (Å²) in [7, 11) is 0. The zero-order valence-corrected chi connectivity index (χ0v) is 27.2. The van der Waals surface area contributed by atoms with E-state index >= 15 is 0 Å². The average Bonchev–Trinajstić information content (AvgIpc) is 3.44. The Morgan fingerprint density at radius 1 is 1.11 bits per heavy atom. The summed E-state index contributed by atoms with van der Waals surface area (Å²) in [5.74, 6) is -1.17. The maximum atomic E-state index is 14.1. The van der Waals surface area contributed by atoms with Crippen LogP contribution >= 0.6 is 34.9 Å². The van der Waals surface area contributed by atoms with Gasteiger partial charge in [0, 0.05) is 11.1 Å². The standard InChI is InChI=1S/C32H32N4O6S3/c1-32(2,3)42-30(40)35-24-27(38)36-25(29(39)41-26(19-10-6-4-7-11-19)20-12-8-5-9-13-20)21(17-44-28(24)36)14-15-43-31-34-22(18-45-31)16-23(33)37/h4-15,18,24,26,28H,16-17H2,1-3H3,(H2,33,37)(H,35,40)/t24-,28-/m1/s1. The number of thiazole rings is 1. The van der Waals surface area contributed by atoms with E-state index in [0.29, 0.717) is 21.4 Å². The Hall–Kier alpha value is -4.07. The summed E-state index contributed by atoms with van der Waals surface area (Å²) >= 11 is 4.12. The molecule has 2 aliphatic rings. The number of β-lactam (4-membered cyclic amide) rings is 1. The van der Waals surface area contributed by atoms with Crippen LogP contribution in [0.25, 0.3) is 0 Å². The molecule has 1 saturated heterocycles. The molecule has 0 radical (unpaired) electrons. The highest BCUT2D eigenvalue weighted by Gasteiger charge is 2.54. The molecule has 10 nitrogen and oxygen atoms in total. The van der Waals surface area contributed by atoms with Gasteiger partial charge in [0.05, 0.1) is 12.1 Å². The second kappa shape index (κ2) is 13.9. The summed E-state index contributed by atoms with van der Waals surface area (Å²) < 4.78 is 12.2. The molecule has 2 atom stereocenters. The van der Waals surface area contributed by atoms with Crippen molar-refractivity contribution in [1.82, 2.24) is 15.2 Å². The summed E-state index contributed by atoms with van der Waals surface area (Å²) in [6, 6.07) is 17.9. The van der Waals surface area contributed by atoms with Crippen molar-refractivity contribution in [2.24, 2.45) is 5.73 Å². The molecule has 0 unspecified atom stereocenters. The van der Waals surface area contributed by atoms with Gasteiger partial charge in [-0.05, 0) is 49.0 Å². The minimum absolute atomic E-state index is 0.0551. The number of allylic oxidation sites excluding steroid dienone is 1. The number of carbonyl (C=O) groups excluding carboxylic acids is 4. The number of primary amides is 1. The van der Waals surface area contributed by atoms with Gasteiger partial charge in [0.15, 0.2) is 10.4 Å². The predicted molar refractivity (Wildman–Crippen MR) is 174 cm³/mol. The third kappa shape index (κ3) is 7.96. The molecule has 1 fully saturated rings. The first-order chi connectivity index (χ1) is 21.5. The molecular formula is C32H32N4O6S3. The zero-order chi connectivity index (χ0) is 32.1.